The summed E-state index contributed by atoms with van der Waals surface area (Å²) in [4.78, 5) is 0. The molecule has 1 atom stereocenters. The van der Waals surface area contributed by atoms with E-state index in [0.717, 1.165) is 25.8 Å². The van der Waals surface area contributed by atoms with Crippen molar-refractivity contribution in [2.24, 2.45) is 0 Å². The van der Waals surface area contributed by atoms with E-state index in [0.29, 0.717) is 11.5 Å². The van der Waals surface area contributed by atoms with Crippen LogP contribution in [0.3, 0.4) is 0 Å². The summed E-state index contributed by atoms with van der Waals surface area (Å²) in [6.07, 6.45) is 2.94. The summed E-state index contributed by atoms with van der Waals surface area (Å²) in [5.41, 5.74) is -0.00289. The average molecular weight is 212 g/mol. The summed E-state index contributed by atoms with van der Waals surface area (Å²) in [5, 5.41) is 3.24. The smallest absolute Gasteiger partial charge is 0.152 e. The number of nitrogens with one attached hydrogen (secondary N) is 1. The van der Waals surface area contributed by atoms with E-state index >= 15 is 0 Å². The normalized spacial score (nSPS) is 38.3. The van der Waals surface area contributed by atoms with Crippen molar-refractivity contribution in [2.75, 3.05) is 18.1 Å². The van der Waals surface area contributed by atoms with Crippen molar-refractivity contribution in [3.8, 4) is 0 Å². The first-order valence-electron chi connectivity index (χ1n) is 4.07. The fourth-order valence-electron chi connectivity index (χ4n) is 2.01. The molecule has 0 saturated carbocycles. The SMILES string of the molecule is Cl.O=S1(=O)CCCC2(CCN2)C1. The maximum atomic E-state index is 11.2. The molecule has 2 heterocycles. The molecule has 2 saturated heterocycles. The summed E-state index contributed by atoms with van der Waals surface area (Å²) in [6, 6.07) is 0. The Kier molecular flexibility index (Phi) is 2.71. The number of hydrogen-bond acceptors (Lipinski definition) is 3. The van der Waals surface area contributed by atoms with Gasteiger partial charge in [-0.1, -0.05) is 0 Å². The molecule has 2 fully saturated rings. The molecule has 2 rings (SSSR count). The molecular weight excluding hydrogens is 198 g/mol. The van der Waals surface area contributed by atoms with Crippen LogP contribution in [0.25, 0.3) is 0 Å². The zero-order valence-corrected chi connectivity index (χ0v) is 8.51. The molecule has 0 radical (unpaired) electrons. The highest BCUT2D eigenvalue weighted by molar-refractivity contribution is 7.91. The van der Waals surface area contributed by atoms with E-state index in [1.807, 2.05) is 0 Å². The summed E-state index contributed by atoms with van der Waals surface area (Å²) in [6.45, 7) is 0.996. The number of hydrogen-bond donors (Lipinski definition) is 1. The minimum Gasteiger partial charge on any atom is -0.310 e. The molecule has 3 nitrogen and oxygen atoms in total. The number of rotatable bonds is 0. The van der Waals surface area contributed by atoms with Crippen molar-refractivity contribution >= 4 is 22.2 Å². The third-order valence-electron chi connectivity index (χ3n) is 2.71. The van der Waals surface area contributed by atoms with Crippen LogP contribution in [-0.2, 0) is 9.84 Å². The summed E-state index contributed by atoms with van der Waals surface area (Å²) >= 11 is 0. The first-order valence-corrected chi connectivity index (χ1v) is 5.90. The largest absolute Gasteiger partial charge is 0.310 e. The molecule has 1 unspecified atom stereocenters. The lowest BCUT2D eigenvalue weighted by atomic mass is 9.85. The van der Waals surface area contributed by atoms with Crippen LogP contribution in [0.15, 0.2) is 0 Å². The molecule has 2 aliphatic heterocycles. The summed E-state index contributed by atoms with van der Waals surface area (Å²) < 4.78 is 22.4. The second kappa shape index (κ2) is 3.16. The van der Waals surface area contributed by atoms with Crippen LogP contribution in [0.4, 0.5) is 0 Å². The first-order chi connectivity index (χ1) is 5.12. The van der Waals surface area contributed by atoms with Crippen molar-refractivity contribution in [3.05, 3.63) is 0 Å². The van der Waals surface area contributed by atoms with E-state index in [-0.39, 0.29) is 17.9 Å². The Hall–Kier alpha value is 0.200. The lowest BCUT2D eigenvalue weighted by Crippen LogP contribution is -2.62. The van der Waals surface area contributed by atoms with Crippen molar-refractivity contribution < 1.29 is 8.42 Å². The Morgan fingerprint density at radius 3 is 2.25 bits per heavy atom. The van der Waals surface area contributed by atoms with Crippen LogP contribution in [0.5, 0.6) is 0 Å². The predicted molar refractivity (Wildman–Crippen MR) is 50.5 cm³/mol. The van der Waals surface area contributed by atoms with Crippen LogP contribution in [0.2, 0.25) is 0 Å². The lowest BCUT2D eigenvalue weighted by Gasteiger charge is -2.45. The molecule has 0 amide bonds. The molecule has 2 aliphatic rings. The Balaban J connectivity index is 0.000000720. The Morgan fingerprint density at radius 2 is 1.92 bits per heavy atom. The highest BCUT2D eigenvalue weighted by Gasteiger charge is 2.42. The van der Waals surface area contributed by atoms with Crippen LogP contribution in [-0.4, -0.2) is 32.0 Å². The highest BCUT2D eigenvalue weighted by Crippen LogP contribution is 2.30. The standard InChI is InChI=1S/C7H13NO2S.ClH/c9-11(10)5-1-2-7(6-11)3-4-8-7;/h8H,1-6H2;1H. The van der Waals surface area contributed by atoms with Gasteiger partial charge < -0.3 is 5.32 Å². The van der Waals surface area contributed by atoms with Gasteiger partial charge >= 0.3 is 0 Å². The molecule has 5 heteroatoms. The van der Waals surface area contributed by atoms with Gasteiger partial charge in [-0.2, -0.15) is 0 Å². The fourth-order valence-corrected chi connectivity index (χ4v) is 3.97. The highest BCUT2D eigenvalue weighted by atomic mass is 35.5. The maximum absolute atomic E-state index is 11.2. The summed E-state index contributed by atoms with van der Waals surface area (Å²) in [7, 11) is -2.71. The third kappa shape index (κ3) is 1.75. The van der Waals surface area contributed by atoms with Gasteiger partial charge in [0.05, 0.1) is 11.5 Å². The molecule has 0 aliphatic carbocycles. The van der Waals surface area contributed by atoms with E-state index in [9.17, 15) is 8.42 Å². The van der Waals surface area contributed by atoms with Crippen molar-refractivity contribution in [2.45, 2.75) is 24.8 Å². The molecule has 12 heavy (non-hydrogen) atoms. The van der Waals surface area contributed by atoms with Crippen LogP contribution >= 0.6 is 12.4 Å². The minimum absolute atomic E-state index is 0. The van der Waals surface area contributed by atoms with Crippen LogP contribution in [0.1, 0.15) is 19.3 Å². The second-order valence-electron chi connectivity index (χ2n) is 3.65. The molecule has 0 aromatic rings. The Bertz CT molecular complexity index is 259. The van der Waals surface area contributed by atoms with E-state index in [4.69, 9.17) is 0 Å². The molecule has 0 aromatic heterocycles. The van der Waals surface area contributed by atoms with Gasteiger partial charge in [-0.3, -0.25) is 0 Å². The molecular formula is C7H14ClNO2S. The molecule has 1 N–H and O–H groups in total. The van der Waals surface area contributed by atoms with Gasteiger partial charge in [0.15, 0.2) is 9.84 Å². The fraction of sp³-hybridized carbons (Fsp3) is 1.00. The number of sulfone groups is 1. The van der Waals surface area contributed by atoms with Crippen molar-refractivity contribution in [1.29, 1.82) is 0 Å². The monoisotopic (exact) mass is 211 g/mol. The van der Waals surface area contributed by atoms with E-state index in [1.54, 1.807) is 0 Å². The Labute approximate surface area is 79.2 Å². The van der Waals surface area contributed by atoms with Gasteiger partial charge in [-0.25, -0.2) is 8.42 Å². The predicted octanol–water partition coefficient (Wildman–Crippen LogP) is 0.349. The topological polar surface area (TPSA) is 46.2 Å². The zero-order valence-electron chi connectivity index (χ0n) is 6.88. The van der Waals surface area contributed by atoms with E-state index in [1.165, 1.54) is 0 Å². The zero-order chi connectivity index (χ0) is 7.95. The molecule has 0 aromatic carbocycles. The number of halogens is 1. The van der Waals surface area contributed by atoms with Gasteiger partial charge in [0.1, 0.15) is 0 Å². The Morgan fingerprint density at radius 1 is 1.25 bits per heavy atom. The van der Waals surface area contributed by atoms with E-state index in [2.05, 4.69) is 5.32 Å². The van der Waals surface area contributed by atoms with Gasteiger partial charge in [0.2, 0.25) is 0 Å². The van der Waals surface area contributed by atoms with Crippen molar-refractivity contribution in [3.63, 3.8) is 0 Å². The third-order valence-corrected chi connectivity index (χ3v) is 4.61. The average Bonchev–Trinajstić information content (AvgIpc) is 1.82. The van der Waals surface area contributed by atoms with Gasteiger partial charge in [-0.15, -0.1) is 12.4 Å². The second-order valence-corrected chi connectivity index (χ2v) is 5.84. The first kappa shape index (κ1) is 10.3. The molecule has 0 bridgehead atoms. The summed E-state index contributed by atoms with van der Waals surface area (Å²) in [5.74, 6) is 0.774. The lowest BCUT2D eigenvalue weighted by molar-refractivity contribution is 0.211. The maximum Gasteiger partial charge on any atom is 0.152 e. The van der Waals surface area contributed by atoms with Crippen LogP contribution in [0, 0.1) is 0 Å². The van der Waals surface area contributed by atoms with Gasteiger partial charge in [-0.05, 0) is 25.8 Å². The van der Waals surface area contributed by atoms with Gasteiger partial charge in [0, 0.05) is 5.54 Å². The van der Waals surface area contributed by atoms with Gasteiger partial charge in [0.25, 0.3) is 0 Å². The quantitative estimate of drug-likeness (QED) is 0.629. The molecule has 1 spiro atoms. The minimum atomic E-state index is -2.71. The van der Waals surface area contributed by atoms with E-state index < -0.39 is 9.84 Å². The van der Waals surface area contributed by atoms with Crippen LogP contribution < -0.4 is 5.32 Å². The van der Waals surface area contributed by atoms with Crippen molar-refractivity contribution in [1.82, 2.24) is 5.32 Å². The molecule has 72 valence electrons.